The Morgan fingerprint density at radius 3 is 3.00 bits per heavy atom. The maximum absolute atomic E-state index is 11.8. The van der Waals surface area contributed by atoms with Crippen molar-refractivity contribution in [3.05, 3.63) is 40.3 Å². The number of esters is 1. The van der Waals surface area contributed by atoms with Gasteiger partial charge in [-0.1, -0.05) is 12.2 Å². The predicted molar refractivity (Wildman–Crippen MR) is 94.9 cm³/mol. The molecule has 0 unspecified atom stereocenters. The van der Waals surface area contributed by atoms with Crippen molar-refractivity contribution in [3.63, 3.8) is 0 Å². The lowest BCUT2D eigenvalue weighted by Crippen LogP contribution is -2.10. The molecule has 128 valence electrons. The number of furan rings is 1. The van der Waals surface area contributed by atoms with Gasteiger partial charge in [-0.15, -0.1) is 0 Å². The molecule has 0 aliphatic carbocycles. The first-order valence-corrected chi connectivity index (χ1v) is 8.16. The third-order valence-corrected chi connectivity index (χ3v) is 4.16. The topological polar surface area (TPSA) is 77.4 Å². The highest BCUT2D eigenvalue weighted by Gasteiger charge is 2.24. The molecule has 1 N–H and O–H groups in total. The highest BCUT2D eigenvalue weighted by molar-refractivity contribution is 7.71. The molecule has 3 aromatic rings. The second kappa shape index (κ2) is 6.91. The van der Waals surface area contributed by atoms with Crippen LogP contribution in [0, 0.1) is 18.1 Å². The SMILES string of the molecule is [C-]#[N+]c1c(-c2occc2C)n(CCC(=O)OCC)c2c(=S)nc[nH]c12. The van der Waals surface area contributed by atoms with Gasteiger partial charge in [0.25, 0.3) is 0 Å². The smallest absolute Gasteiger partial charge is 0.307 e. The fourth-order valence-corrected chi connectivity index (χ4v) is 3.06. The zero-order valence-electron chi connectivity index (χ0n) is 13.8. The van der Waals surface area contributed by atoms with Crippen LogP contribution in [0.5, 0.6) is 0 Å². The Morgan fingerprint density at radius 1 is 1.56 bits per heavy atom. The molecule has 0 aliphatic heterocycles. The minimum Gasteiger partial charge on any atom is -0.466 e. The number of hydrogen-bond acceptors (Lipinski definition) is 5. The van der Waals surface area contributed by atoms with Crippen LogP contribution in [-0.2, 0) is 16.1 Å². The van der Waals surface area contributed by atoms with Crippen LogP contribution >= 0.6 is 12.2 Å². The normalized spacial score (nSPS) is 10.8. The highest BCUT2D eigenvalue weighted by atomic mass is 32.1. The van der Waals surface area contributed by atoms with Crippen molar-refractivity contribution in [2.75, 3.05) is 6.61 Å². The molecule has 3 heterocycles. The van der Waals surface area contributed by atoms with Crippen molar-refractivity contribution in [1.29, 1.82) is 0 Å². The minimum atomic E-state index is -0.311. The molecule has 7 nitrogen and oxygen atoms in total. The molecule has 0 aliphatic rings. The van der Waals surface area contributed by atoms with Gasteiger partial charge in [0.05, 0.1) is 48.9 Å². The lowest BCUT2D eigenvalue weighted by molar-refractivity contribution is -0.143. The van der Waals surface area contributed by atoms with Gasteiger partial charge < -0.3 is 18.7 Å². The largest absolute Gasteiger partial charge is 0.466 e. The van der Waals surface area contributed by atoms with Crippen molar-refractivity contribution in [2.45, 2.75) is 26.8 Å². The number of H-pyrrole nitrogens is 1. The third-order valence-electron chi connectivity index (χ3n) is 3.86. The van der Waals surface area contributed by atoms with Crippen LogP contribution in [0.1, 0.15) is 18.9 Å². The molecule has 0 saturated heterocycles. The Morgan fingerprint density at radius 2 is 2.36 bits per heavy atom. The number of nitrogens with zero attached hydrogens (tertiary/aromatic N) is 3. The van der Waals surface area contributed by atoms with Crippen LogP contribution in [0.4, 0.5) is 5.69 Å². The summed E-state index contributed by atoms with van der Waals surface area (Å²) >= 11 is 5.35. The summed E-state index contributed by atoms with van der Waals surface area (Å²) in [6.45, 7) is 11.9. The van der Waals surface area contributed by atoms with Gasteiger partial charge in [0.2, 0.25) is 5.69 Å². The lowest BCUT2D eigenvalue weighted by Gasteiger charge is -2.10. The van der Waals surface area contributed by atoms with E-state index in [2.05, 4.69) is 14.8 Å². The van der Waals surface area contributed by atoms with Crippen molar-refractivity contribution in [3.8, 4) is 11.5 Å². The predicted octanol–water partition coefficient (Wildman–Crippen LogP) is 4.17. The van der Waals surface area contributed by atoms with Crippen LogP contribution in [-0.4, -0.2) is 27.1 Å². The van der Waals surface area contributed by atoms with E-state index >= 15 is 0 Å². The van der Waals surface area contributed by atoms with Gasteiger partial charge in [-0.3, -0.25) is 4.79 Å². The van der Waals surface area contributed by atoms with E-state index in [4.69, 9.17) is 27.9 Å². The van der Waals surface area contributed by atoms with Gasteiger partial charge in [0.15, 0.2) is 4.64 Å². The number of carbonyl (C=O) groups excluding carboxylic acids is 1. The minimum absolute atomic E-state index is 0.158. The summed E-state index contributed by atoms with van der Waals surface area (Å²) in [5.41, 5.74) is 3.07. The Bertz CT molecular complexity index is 1040. The van der Waals surface area contributed by atoms with E-state index in [9.17, 15) is 4.79 Å². The molecule has 8 heteroatoms. The van der Waals surface area contributed by atoms with Crippen LogP contribution in [0.15, 0.2) is 23.1 Å². The van der Waals surface area contributed by atoms with Crippen LogP contribution in [0.3, 0.4) is 0 Å². The summed E-state index contributed by atoms with van der Waals surface area (Å²) in [7, 11) is 0. The molecular weight excluding hydrogens is 340 g/mol. The number of aryl methyl sites for hydroxylation is 2. The van der Waals surface area contributed by atoms with Gasteiger partial charge in [-0.25, -0.2) is 9.83 Å². The molecule has 0 bridgehead atoms. The highest BCUT2D eigenvalue weighted by Crippen LogP contribution is 2.41. The first-order valence-electron chi connectivity index (χ1n) is 7.75. The monoisotopic (exact) mass is 356 g/mol. The molecule has 25 heavy (non-hydrogen) atoms. The van der Waals surface area contributed by atoms with Gasteiger partial charge in [-0.05, 0) is 25.5 Å². The van der Waals surface area contributed by atoms with E-state index in [1.807, 2.05) is 17.6 Å². The summed E-state index contributed by atoms with van der Waals surface area (Å²) in [4.78, 5) is 22.6. The number of hydrogen-bond donors (Lipinski definition) is 1. The summed E-state index contributed by atoms with van der Waals surface area (Å²) in [5, 5.41) is 0. The maximum atomic E-state index is 11.8. The standard InChI is InChI=1S/C17H16N4O3S/c1-4-23-11(22)5-7-21-14(16-10(2)6-8-24-16)12(18-3)13-15(21)17(25)20-9-19-13/h6,8-9H,4-5,7H2,1-2H3,(H,19,20,25). The Balaban J connectivity index is 2.25. The van der Waals surface area contributed by atoms with Crippen LogP contribution < -0.4 is 0 Å². The quantitative estimate of drug-likeness (QED) is 0.422. The van der Waals surface area contributed by atoms with Crippen LogP contribution in [0.2, 0.25) is 0 Å². The molecule has 3 aromatic heterocycles. The van der Waals surface area contributed by atoms with Crippen molar-refractivity contribution in [2.24, 2.45) is 0 Å². The van der Waals surface area contributed by atoms with Crippen molar-refractivity contribution in [1.82, 2.24) is 14.5 Å². The Hall–Kier alpha value is -2.92. The average Bonchev–Trinajstić information content (AvgIpc) is 3.14. The number of rotatable bonds is 5. The summed E-state index contributed by atoms with van der Waals surface area (Å²) in [6, 6.07) is 1.83. The molecule has 0 atom stereocenters. The molecule has 0 fully saturated rings. The van der Waals surface area contributed by atoms with Crippen molar-refractivity contribution >= 4 is 34.9 Å². The van der Waals surface area contributed by atoms with E-state index in [0.29, 0.717) is 46.0 Å². The van der Waals surface area contributed by atoms with E-state index in [1.165, 1.54) is 6.33 Å². The lowest BCUT2D eigenvalue weighted by atomic mass is 10.2. The molecule has 0 radical (unpaired) electrons. The Labute approximate surface area is 149 Å². The number of aromatic nitrogens is 3. The molecule has 3 rings (SSSR count). The first-order chi connectivity index (χ1) is 12.1. The molecule has 0 amide bonds. The number of ether oxygens (including phenoxy) is 1. The number of fused-ring (bicyclic) bond motifs is 1. The van der Waals surface area contributed by atoms with Crippen LogP contribution in [0.25, 0.3) is 27.3 Å². The van der Waals surface area contributed by atoms with Gasteiger partial charge in [0.1, 0.15) is 5.76 Å². The first kappa shape index (κ1) is 16.9. The summed E-state index contributed by atoms with van der Waals surface area (Å²) in [5.74, 6) is 0.267. The van der Waals surface area contributed by atoms with Crippen molar-refractivity contribution < 1.29 is 13.9 Å². The van der Waals surface area contributed by atoms with Gasteiger partial charge >= 0.3 is 5.97 Å². The molecule has 0 spiro atoms. The average molecular weight is 356 g/mol. The van der Waals surface area contributed by atoms with E-state index in [0.717, 1.165) is 5.56 Å². The zero-order valence-corrected chi connectivity index (χ0v) is 14.6. The van der Waals surface area contributed by atoms with E-state index in [-0.39, 0.29) is 12.4 Å². The van der Waals surface area contributed by atoms with E-state index < -0.39 is 0 Å². The Kier molecular flexibility index (Phi) is 4.67. The van der Waals surface area contributed by atoms with E-state index in [1.54, 1.807) is 13.2 Å². The summed E-state index contributed by atoms with van der Waals surface area (Å²) in [6.07, 6.45) is 3.20. The fraction of sp³-hybridized carbons (Fsp3) is 0.294. The number of aromatic amines is 1. The molecule has 0 saturated carbocycles. The summed E-state index contributed by atoms with van der Waals surface area (Å²) < 4.78 is 12.8. The maximum Gasteiger partial charge on any atom is 0.307 e. The zero-order chi connectivity index (χ0) is 18.0. The second-order valence-corrected chi connectivity index (χ2v) is 5.77. The molecule has 0 aromatic carbocycles. The molecular formula is C17H16N4O3S. The number of carbonyl (C=O) groups is 1. The van der Waals surface area contributed by atoms with Gasteiger partial charge in [-0.2, -0.15) is 0 Å². The van der Waals surface area contributed by atoms with Gasteiger partial charge in [0, 0.05) is 6.54 Å². The second-order valence-electron chi connectivity index (χ2n) is 5.38. The number of nitrogens with one attached hydrogen (secondary N) is 1. The fourth-order valence-electron chi connectivity index (χ4n) is 2.80. The third kappa shape index (κ3) is 2.94.